The number of halogens is 2. The summed E-state index contributed by atoms with van der Waals surface area (Å²) in [6, 6.07) is 1.87. The minimum Gasteiger partial charge on any atom is -0.480 e. The number of aliphatic carboxylic acids is 1. The molecule has 0 fully saturated rings. The summed E-state index contributed by atoms with van der Waals surface area (Å²) in [5, 5.41) is 8.25. The van der Waals surface area contributed by atoms with Crippen LogP contribution >= 0.6 is 0 Å². The maximum absolute atomic E-state index is 13.1. The first-order chi connectivity index (χ1) is 7.33. The van der Waals surface area contributed by atoms with Crippen LogP contribution in [-0.4, -0.2) is 26.0 Å². The van der Waals surface area contributed by atoms with Gasteiger partial charge in [-0.1, -0.05) is 0 Å². The van der Waals surface area contributed by atoms with Crippen molar-refractivity contribution in [3.63, 3.8) is 0 Å². The Morgan fingerprint density at radius 1 is 1.38 bits per heavy atom. The van der Waals surface area contributed by atoms with Crippen LogP contribution < -0.4 is 4.72 Å². The SMILES string of the molecule is O=C(O)CNS(=O)(=O)c1cc(F)ccc1F. The Bertz CT molecular complexity index is 515. The van der Waals surface area contributed by atoms with Gasteiger partial charge in [0.2, 0.25) is 10.0 Å². The quantitative estimate of drug-likeness (QED) is 0.807. The van der Waals surface area contributed by atoms with Gasteiger partial charge in [-0.3, -0.25) is 4.79 Å². The number of hydrogen-bond donors (Lipinski definition) is 2. The third-order valence-corrected chi connectivity index (χ3v) is 3.01. The molecule has 8 heteroatoms. The molecule has 0 radical (unpaired) electrons. The van der Waals surface area contributed by atoms with Crippen LogP contribution in [0.3, 0.4) is 0 Å². The lowest BCUT2D eigenvalue weighted by molar-refractivity contribution is -0.135. The Morgan fingerprint density at radius 2 is 2.00 bits per heavy atom. The maximum Gasteiger partial charge on any atom is 0.318 e. The molecule has 0 aromatic heterocycles. The van der Waals surface area contributed by atoms with Crippen LogP contribution in [0, 0.1) is 11.6 Å². The highest BCUT2D eigenvalue weighted by Crippen LogP contribution is 2.15. The van der Waals surface area contributed by atoms with E-state index in [0.29, 0.717) is 12.1 Å². The van der Waals surface area contributed by atoms with Crippen LogP contribution in [0.25, 0.3) is 0 Å². The van der Waals surface area contributed by atoms with Crippen molar-refractivity contribution in [2.45, 2.75) is 4.90 Å². The Kier molecular flexibility index (Phi) is 3.55. The van der Waals surface area contributed by atoms with Crippen molar-refractivity contribution in [1.82, 2.24) is 4.72 Å². The molecule has 1 aromatic carbocycles. The summed E-state index contributed by atoms with van der Waals surface area (Å²) in [7, 11) is -4.35. The molecule has 0 aliphatic carbocycles. The molecule has 0 unspecified atom stereocenters. The van der Waals surface area contributed by atoms with E-state index < -0.39 is 39.1 Å². The minimum atomic E-state index is -4.35. The zero-order valence-electron chi connectivity index (χ0n) is 7.78. The van der Waals surface area contributed by atoms with E-state index in [9.17, 15) is 22.0 Å². The summed E-state index contributed by atoms with van der Waals surface area (Å²) in [5.41, 5.74) is 0. The third kappa shape index (κ3) is 2.97. The van der Waals surface area contributed by atoms with Gasteiger partial charge in [-0.2, -0.15) is 4.72 Å². The zero-order chi connectivity index (χ0) is 12.3. The highest BCUT2D eigenvalue weighted by atomic mass is 32.2. The number of carbonyl (C=O) groups is 1. The van der Waals surface area contributed by atoms with Crippen molar-refractivity contribution in [2.75, 3.05) is 6.54 Å². The van der Waals surface area contributed by atoms with Crippen molar-refractivity contribution in [3.05, 3.63) is 29.8 Å². The van der Waals surface area contributed by atoms with Crippen LogP contribution in [0.5, 0.6) is 0 Å². The molecule has 16 heavy (non-hydrogen) atoms. The average Bonchev–Trinajstić information content (AvgIpc) is 2.19. The number of rotatable bonds is 4. The molecular weight excluding hydrogens is 244 g/mol. The normalized spacial score (nSPS) is 11.4. The number of benzene rings is 1. The van der Waals surface area contributed by atoms with Crippen molar-refractivity contribution < 1.29 is 27.1 Å². The molecule has 88 valence electrons. The van der Waals surface area contributed by atoms with Gasteiger partial charge in [0.25, 0.3) is 0 Å². The van der Waals surface area contributed by atoms with Crippen LogP contribution in [0.2, 0.25) is 0 Å². The summed E-state index contributed by atoms with van der Waals surface area (Å²) in [6.07, 6.45) is 0. The lowest BCUT2D eigenvalue weighted by Gasteiger charge is -2.05. The van der Waals surface area contributed by atoms with Crippen LogP contribution in [0.1, 0.15) is 0 Å². The Labute approximate surface area is 89.8 Å². The fourth-order valence-corrected chi connectivity index (χ4v) is 1.98. The van der Waals surface area contributed by atoms with Crippen LogP contribution in [0.15, 0.2) is 23.1 Å². The molecule has 5 nitrogen and oxygen atoms in total. The molecule has 0 spiro atoms. The predicted molar refractivity (Wildman–Crippen MR) is 49.2 cm³/mol. The molecule has 0 aliphatic rings. The molecule has 2 N–H and O–H groups in total. The lowest BCUT2D eigenvalue weighted by Crippen LogP contribution is -2.30. The van der Waals surface area contributed by atoms with Gasteiger partial charge in [-0.15, -0.1) is 0 Å². The Morgan fingerprint density at radius 3 is 2.56 bits per heavy atom. The maximum atomic E-state index is 13.1. The summed E-state index contributed by atoms with van der Waals surface area (Å²) >= 11 is 0. The lowest BCUT2D eigenvalue weighted by atomic mass is 10.3. The van der Waals surface area contributed by atoms with E-state index >= 15 is 0 Å². The van der Waals surface area contributed by atoms with E-state index in [0.717, 1.165) is 6.07 Å². The van der Waals surface area contributed by atoms with Gasteiger partial charge < -0.3 is 5.11 Å². The van der Waals surface area contributed by atoms with Crippen molar-refractivity contribution in [1.29, 1.82) is 0 Å². The number of carboxylic acid groups (broad SMARTS) is 1. The van der Waals surface area contributed by atoms with Gasteiger partial charge in [-0.05, 0) is 18.2 Å². The smallest absolute Gasteiger partial charge is 0.318 e. The molecule has 0 heterocycles. The van der Waals surface area contributed by atoms with Gasteiger partial charge in [-0.25, -0.2) is 17.2 Å². The topological polar surface area (TPSA) is 83.5 Å². The molecule has 0 saturated carbocycles. The fourth-order valence-electron chi connectivity index (χ4n) is 0.918. The molecule has 0 saturated heterocycles. The van der Waals surface area contributed by atoms with E-state index in [-0.39, 0.29) is 0 Å². The molecule has 0 bridgehead atoms. The van der Waals surface area contributed by atoms with E-state index in [2.05, 4.69) is 0 Å². The third-order valence-electron chi connectivity index (χ3n) is 1.60. The molecule has 0 aliphatic heterocycles. The van der Waals surface area contributed by atoms with Gasteiger partial charge in [0.15, 0.2) is 0 Å². The molecular formula is C8H7F2NO4S. The van der Waals surface area contributed by atoms with Gasteiger partial charge >= 0.3 is 5.97 Å². The first-order valence-corrected chi connectivity index (χ1v) is 5.48. The van der Waals surface area contributed by atoms with Crippen molar-refractivity contribution in [3.8, 4) is 0 Å². The van der Waals surface area contributed by atoms with E-state index in [1.807, 2.05) is 0 Å². The first-order valence-electron chi connectivity index (χ1n) is 3.99. The monoisotopic (exact) mass is 251 g/mol. The Hall–Kier alpha value is -1.54. The first kappa shape index (κ1) is 12.5. The summed E-state index contributed by atoms with van der Waals surface area (Å²) in [5.74, 6) is -3.52. The highest BCUT2D eigenvalue weighted by Gasteiger charge is 2.20. The minimum absolute atomic E-state index is 0.472. The summed E-state index contributed by atoms with van der Waals surface area (Å²) < 4.78 is 50.0. The number of carboxylic acids is 1. The fraction of sp³-hybridized carbons (Fsp3) is 0.125. The predicted octanol–water partition coefficient (Wildman–Crippen LogP) is 0.328. The second-order valence-corrected chi connectivity index (χ2v) is 4.53. The average molecular weight is 251 g/mol. The van der Waals surface area contributed by atoms with Crippen molar-refractivity contribution in [2.24, 2.45) is 0 Å². The second-order valence-electron chi connectivity index (χ2n) is 2.79. The van der Waals surface area contributed by atoms with Crippen LogP contribution in [0.4, 0.5) is 8.78 Å². The summed E-state index contributed by atoms with van der Waals surface area (Å²) in [6.45, 7) is -0.904. The largest absolute Gasteiger partial charge is 0.480 e. The molecule has 1 aromatic rings. The second kappa shape index (κ2) is 4.54. The number of sulfonamides is 1. The molecule has 1 rings (SSSR count). The van der Waals surface area contributed by atoms with E-state index in [4.69, 9.17) is 5.11 Å². The van der Waals surface area contributed by atoms with Crippen molar-refractivity contribution >= 4 is 16.0 Å². The van der Waals surface area contributed by atoms with Gasteiger partial charge in [0.1, 0.15) is 23.1 Å². The Balaban J connectivity index is 3.07. The van der Waals surface area contributed by atoms with Crippen LogP contribution in [-0.2, 0) is 14.8 Å². The van der Waals surface area contributed by atoms with E-state index in [1.165, 1.54) is 0 Å². The van der Waals surface area contributed by atoms with Gasteiger partial charge in [0.05, 0.1) is 0 Å². The molecule has 0 amide bonds. The number of nitrogens with one attached hydrogen (secondary N) is 1. The highest BCUT2D eigenvalue weighted by molar-refractivity contribution is 7.89. The van der Waals surface area contributed by atoms with Gasteiger partial charge in [0, 0.05) is 0 Å². The number of hydrogen-bond acceptors (Lipinski definition) is 3. The standard InChI is InChI=1S/C8H7F2NO4S/c9-5-1-2-6(10)7(3-5)16(14,15)11-4-8(12)13/h1-3,11H,4H2,(H,12,13). The molecule has 0 atom stereocenters. The zero-order valence-corrected chi connectivity index (χ0v) is 8.59. The summed E-state index contributed by atoms with van der Waals surface area (Å²) in [4.78, 5) is 9.21. The van der Waals surface area contributed by atoms with E-state index in [1.54, 1.807) is 4.72 Å².